The van der Waals surface area contributed by atoms with Gasteiger partial charge in [0.25, 0.3) is 0 Å². The third-order valence-corrected chi connectivity index (χ3v) is 5.29. The molecule has 32 heavy (non-hydrogen) atoms. The molecule has 0 aliphatic rings. The van der Waals surface area contributed by atoms with Crippen molar-refractivity contribution in [1.29, 1.82) is 0 Å². The van der Waals surface area contributed by atoms with Gasteiger partial charge in [0.05, 0.1) is 13.4 Å². The van der Waals surface area contributed by atoms with Gasteiger partial charge >= 0.3 is 5.97 Å². The third-order valence-electron chi connectivity index (χ3n) is 5.06. The molecule has 8 heteroatoms. The van der Waals surface area contributed by atoms with E-state index in [-0.39, 0.29) is 18.6 Å². The van der Waals surface area contributed by atoms with E-state index in [1.807, 2.05) is 30.3 Å². The molecule has 1 unspecified atom stereocenters. The number of carbonyl (C=O) groups excluding carboxylic acids is 3. The fourth-order valence-corrected chi connectivity index (χ4v) is 3.59. The highest BCUT2D eigenvalue weighted by Crippen LogP contribution is 2.19. The van der Waals surface area contributed by atoms with Crippen molar-refractivity contribution in [2.24, 2.45) is 5.92 Å². The number of Topliss-reactive ketones (excluding diaryl/α,β-unsaturated/α-hetero) is 1. The van der Waals surface area contributed by atoms with Gasteiger partial charge in [0, 0.05) is 41.2 Å². The third kappa shape index (κ3) is 6.52. The molecule has 2 aromatic carbocycles. The molecule has 7 nitrogen and oxygen atoms in total. The first-order valence-electron chi connectivity index (χ1n) is 10.1. The van der Waals surface area contributed by atoms with Gasteiger partial charge in [0.2, 0.25) is 5.91 Å². The summed E-state index contributed by atoms with van der Waals surface area (Å²) in [6.07, 6.45) is 3.58. The van der Waals surface area contributed by atoms with Crippen molar-refractivity contribution in [2.75, 3.05) is 7.11 Å². The van der Waals surface area contributed by atoms with E-state index in [4.69, 9.17) is 16.3 Å². The summed E-state index contributed by atoms with van der Waals surface area (Å²) in [6.45, 7) is 0. The van der Waals surface area contributed by atoms with E-state index in [1.54, 1.807) is 30.5 Å². The Kier molecular flexibility index (Phi) is 8.16. The number of methoxy groups -OCH3 is 1. The number of aromatic amines is 1. The van der Waals surface area contributed by atoms with Crippen LogP contribution in [0.25, 0.3) is 0 Å². The van der Waals surface area contributed by atoms with E-state index in [0.717, 1.165) is 5.56 Å². The minimum Gasteiger partial charge on any atom is -0.467 e. The number of ketones is 1. The van der Waals surface area contributed by atoms with Gasteiger partial charge in [-0.2, -0.15) is 0 Å². The molecular formula is C24H24ClN3O4. The summed E-state index contributed by atoms with van der Waals surface area (Å²) in [6, 6.07) is 15.1. The molecule has 2 N–H and O–H groups in total. The predicted molar refractivity (Wildman–Crippen MR) is 120 cm³/mol. The summed E-state index contributed by atoms with van der Waals surface area (Å²) in [5, 5.41) is 3.20. The SMILES string of the molecule is COC(=O)[C@@H](Cc1cnc[nH]1)NC(=O)C(CC(=O)c1cccc(Cl)c1)Cc1ccccc1. The summed E-state index contributed by atoms with van der Waals surface area (Å²) >= 11 is 6.01. The van der Waals surface area contributed by atoms with Crippen molar-refractivity contribution in [3.8, 4) is 0 Å². The Morgan fingerprint density at radius 3 is 2.53 bits per heavy atom. The number of nitrogens with one attached hydrogen (secondary N) is 2. The fourth-order valence-electron chi connectivity index (χ4n) is 3.40. The molecule has 166 valence electrons. The number of imidazole rings is 1. The van der Waals surface area contributed by atoms with Gasteiger partial charge < -0.3 is 15.0 Å². The minimum atomic E-state index is -0.910. The molecule has 1 amide bonds. The van der Waals surface area contributed by atoms with Crippen LogP contribution in [0, 0.1) is 5.92 Å². The first-order chi connectivity index (χ1) is 15.5. The highest BCUT2D eigenvalue weighted by atomic mass is 35.5. The lowest BCUT2D eigenvalue weighted by atomic mass is 9.91. The second-order valence-electron chi connectivity index (χ2n) is 7.39. The lowest BCUT2D eigenvalue weighted by Gasteiger charge is -2.21. The summed E-state index contributed by atoms with van der Waals surface area (Å²) in [5.41, 5.74) is 2.02. The van der Waals surface area contributed by atoms with Crippen LogP contribution in [0.3, 0.4) is 0 Å². The van der Waals surface area contributed by atoms with Crippen LogP contribution in [-0.4, -0.2) is 40.8 Å². The van der Waals surface area contributed by atoms with Gasteiger partial charge in [0.1, 0.15) is 6.04 Å². The van der Waals surface area contributed by atoms with Crippen molar-refractivity contribution in [3.05, 3.63) is 89.0 Å². The Hall–Kier alpha value is -3.45. The molecule has 0 aliphatic heterocycles. The molecule has 0 aliphatic carbocycles. The van der Waals surface area contributed by atoms with Gasteiger partial charge in [-0.05, 0) is 24.1 Å². The van der Waals surface area contributed by atoms with Crippen LogP contribution < -0.4 is 5.32 Å². The lowest BCUT2D eigenvalue weighted by molar-refractivity contribution is -0.145. The number of H-pyrrole nitrogens is 1. The van der Waals surface area contributed by atoms with E-state index in [1.165, 1.54) is 13.4 Å². The number of carbonyl (C=O) groups is 3. The zero-order chi connectivity index (χ0) is 22.9. The maximum Gasteiger partial charge on any atom is 0.328 e. The Balaban J connectivity index is 1.79. The molecule has 3 rings (SSSR count). The van der Waals surface area contributed by atoms with E-state index in [0.29, 0.717) is 22.7 Å². The second kappa shape index (κ2) is 11.2. The molecule has 0 saturated heterocycles. The Bertz CT molecular complexity index is 1050. The molecular weight excluding hydrogens is 430 g/mol. The number of hydrogen-bond donors (Lipinski definition) is 2. The zero-order valence-corrected chi connectivity index (χ0v) is 18.3. The summed E-state index contributed by atoms with van der Waals surface area (Å²) in [7, 11) is 1.26. The lowest BCUT2D eigenvalue weighted by Crippen LogP contribution is -2.46. The maximum absolute atomic E-state index is 13.2. The van der Waals surface area contributed by atoms with Crippen LogP contribution in [0.1, 0.15) is 28.0 Å². The highest BCUT2D eigenvalue weighted by molar-refractivity contribution is 6.31. The largest absolute Gasteiger partial charge is 0.467 e. The minimum absolute atomic E-state index is 0.0288. The van der Waals surface area contributed by atoms with Crippen molar-refractivity contribution in [3.63, 3.8) is 0 Å². The van der Waals surface area contributed by atoms with Crippen LogP contribution >= 0.6 is 11.6 Å². The number of aromatic nitrogens is 2. The number of benzene rings is 2. The molecule has 3 aromatic rings. The molecule has 2 atom stereocenters. The van der Waals surface area contributed by atoms with Crippen molar-refractivity contribution in [2.45, 2.75) is 25.3 Å². The molecule has 0 radical (unpaired) electrons. The van der Waals surface area contributed by atoms with E-state index >= 15 is 0 Å². The Morgan fingerprint density at radius 2 is 1.88 bits per heavy atom. The van der Waals surface area contributed by atoms with Crippen molar-refractivity contribution in [1.82, 2.24) is 15.3 Å². The van der Waals surface area contributed by atoms with Gasteiger partial charge in [0.15, 0.2) is 5.78 Å². The fraction of sp³-hybridized carbons (Fsp3) is 0.250. The van der Waals surface area contributed by atoms with E-state index in [9.17, 15) is 14.4 Å². The van der Waals surface area contributed by atoms with Crippen LogP contribution in [0.2, 0.25) is 5.02 Å². The van der Waals surface area contributed by atoms with Crippen molar-refractivity contribution >= 4 is 29.3 Å². The van der Waals surface area contributed by atoms with Crippen LogP contribution in [0.5, 0.6) is 0 Å². The van der Waals surface area contributed by atoms with Crippen LogP contribution in [0.15, 0.2) is 67.1 Å². The maximum atomic E-state index is 13.2. The van der Waals surface area contributed by atoms with Gasteiger partial charge in [-0.25, -0.2) is 9.78 Å². The number of ether oxygens (including phenoxy) is 1. The number of hydrogen-bond acceptors (Lipinski definition) is 5. The van der Waals surface area contributed by atoms with Crippen LogP contribution in [0.4, 0.5) is 0 Å². The molecule has 0 saturated carbocycles. The quantitative estimate of drug-likeness (QED) is 0.362. The van der Waals surface area contributed by atoms with Crippen LogP contribution in [-0.2, 0) is 27.2 Å². The molecule has 1 heterocycles. The number of nitrogens with zero attached hydrogens (tertiary/aromatic N) is 1. The van der Waals surface area contributed by atoms with E-state index < -0.39 is 23.8 Å². The summed E-state index contributed by atoms with van der Waals surface area (Å²) in [5.74, 6) is -1.86. The first-order valence-corrected chi connectivity index (χ1v) is 10.5. The van der Waals surface area contributed by atoms with Crippen molar-refractivity contribution < 1.29 is 19.1 Å². The number of esters is 1. The number of halogens is 1. The summed E-state index contributed by atoms with van der Waals surface area (Å²) < 4.78 is 4.85. The Labute approximate surface area is 191 Å². The molecule has 0 bridgehead atoms. The highest BCUT2D eigenvalue weighted by Gasteiger charge is 2.29. The topological polar surface area (TPSA) is 101 Å². The Morgan fingerprint density at radius 1 is 1.09 bits per heavy atom. The van der Waals surface area contributed by atoms with Gasteiger partial charge in [-0.1, -0.05) is 54.1 Å². The number of rotatable bonds is 10. The summed E-state index contributed by atoms with van der Waals surface area (Å²) in [4.78, 5) is 45.2. The van der Waals surface area contributed by atoms with E-state index in [2.05, 4.69) is 15.3 Å². The molecule has 1 aromatic heterocycles. The average Bonchev–Trinajstić information content (AvgIpc) is 3.31. The first kappa shape index (κ1) is 23.2. The number of amides is 1. The second-order valence-corrected chi connectivity index (χ2v) is 7.83. The average molecular weight is 454 g/mol. The van der Waals surface area contributed by atoms with Gasteiger partial charge in [-0.3, -0.25) is 9.59 Å². The van der Waals surface area contributed by atoms with Gasteiger partial charge in [-0.15, -0.1) is 0 Å². The smallest absolute Gasteiger partial charge is 0.328 e. The molecule has 0 spiro atoms. The predicted octanol–water partition coefficient (Wildman–Crippen LogP) is 3.40. The zero-order valence-electron chi connectivity index (χ0n) is 17.6. The monoisotopic (exact) mass is 453 g/mol. The normalized spacial score (nSPS) is 12.6. The standard InChI is InChI=1S/C24H24ClN3O4/c1-32-24(31)21(13-20-14-26-15-27-20)28-23(30)18(10-16-6-3-2-4-7-16)12-22(29)17-8-5-9-19(25)11-17/h2-9,11,14-15,18,21H,10,12-13H2,1H3,(H,26,27)(H,28,30)/t18?,21-/m1/s1. The molecule has 0 fully saturated rings.